The van der Waals surface area contributed by atoms with Gasteiger partial charge in [-0.1, -0.05) is 30.3 Å². The number of amides is 2. The second kappa shape index (κ2) is 14.2. The van der Waals surface area contributed by atoms with Gasteiger partial charge in [0.1, 0.15) is 5.60 Å². The lowest BCUT2D eigenvalue weighted by atomic mass is 9.90. The van der Waals surface area contributed by atoms with Crippen molar-refractivity contribution in [2.45, 2.75) is 45.6 Å². The Morgan fingerprint density at radius 1 is 1.06 bits per heavy atom. The van der Waals surface area contributed by atoms with Crippen molar-refractivity contribution in [1.29, 1.82) is 0 Å². The molecule has 2 amide bonds. The lowest BCUT2D eigenvalue weighted by molar-refractivity contribution is -0.131. The van der Waals surface area contributed by atoms with E-state index in [1.807, 2.05) is 31.7 Å². The van der Waals surface area contributed by atoms with Crippen LogP contribution in [0.15, 0.2) is 35.3 Å². The first-order valence-electron chi connectivity index (χ1n) is 11.0. The number of rotatable bonds is 7. The van der Waals surface area contributed by atoms with Crippen LogP contribution in [0.25, 0.3) is 0 Å². The summed E-state index contributed by atoms with van der Waals surface area (Å²) in [5.74, 6) is 1.23. The normalized spacial score (nSPS) is 14.9. The maximum atomic E-state index is 12.5. The summed E-state index contributed by atoms with van der Waals surface area (Å²) in [4.78, 5) is 30.2. The van der Waals surface area contributed by atoms with E-state index in [1.165, 1.54) is 5.56 Å². The molecule has 0 unspecified atom stereocenters. The molecular formula is C23H38IN5O3. The molecule has 1 fully saturated rings. The van der Waals surface area contributed by atoms with E-state index in [1.54, 1.807) is 7.05 Å². The average Bonchev–Trinajstić information content (AvgIpc) is 2.73. The van der Waals surface area contributed by atoms with Crippen LogP contribution in [0.2, 0.25) is 0 Å². The Morgan fingerprint density at radius 3 is 2.28 bits per heavy atom. The molecule has 0 spiro atoms. The first kappa shape index (κ1) is 28.0. The molecule has 1 heterocycles. The monoisotopic (exact) mass is 559 g/mol. The molecule has 3 N–H and O–H groups in total. The van der Waals surface area contributed by atoms with Gasteiger partial charge in [0.05, 0.1) is 6.54 Å². The molecule has 1 saturated heterocycles. The van der Waals surface area contributed by atoms with Gasteiger partial charge in [0, 0.05) is 33.2 Å². The highest BCUT2D eigenvalue weighted by atomic mass is 127. The van der Waals surface area contributed by atoms with Crippen LogP contribution in [0.5, 0.6) is 0 Å². The number of guanidine groups is 1. The number of hydrogen-bond donors (Lipinski definition) is 3. The van der Waals surface area contributed by atoms with Gasteiger partial charge in [0.2, 0.25) is 5.91 Å². The summed E-state index contributed by atoms with van der Waals surface area (Å²) in [7, 11) is 1.65. The Morgan fingerprint density at radius 2 is 1.69 bits per heavy atom. The van der Waals surface area contributed by atoms with E-state index in [9.17, 15) is 9.59 Å². The van der Waals surface area contributed by atoms with Gasteiger partial charge in [0.25, 0.3) is 0 Å². The summed E-state index contributed by atoms with van der Waals surface area (Å²) >= 11 is 0. The number of likely N-dealkylation sites (tertiary alicyclic amines) is 1. The summed E-state index contributed by atoms with van der Waals surface area (Å²) in [6, 6.07) is 10.5. The first-order chi connectivity index (χ1) is 14.8. The molecule has 0 saturated carbocycles. The van der Waals surface area contributed by atoms with E-state index < -0.39 is 11.7 Å². The lowest BCUT2D eigenvalue weighted by Gasteiger charge is -2.32. The van der Waals surface area contributed by atoms with E-state index in [2.05, 4.69) is 45.2 Å². The smallest absolute Gasteiger partial charge is 0.407 e. The van der Waals surface area contributed by atoms with Gasteiger partial charge in [-0.05, 0) is 51.5 Å². The minimum atomic E-state index is -0.522. The quantitative estimate of drug-likeness (QED) is 0.207. The number of benzene rings is 1. The summed E-state index contributed by atoms with van der Waals surface area (Å²) in [6.45, 7) is 8.10. The Kier molecular flexibility index (Phi) is 12.4. The Hall–Kier alpha value is -2.04. The van der Waals surface area contributed by atoms with Crippen molar-refractivity contribution in [2.24, 2.45) is 10.9 Å². The molecule has 0 radical (unpaired) electrons. The van der Waals surface area contributed by atoms with Gasteiger partial charge in [-0.3, -0.25) is 9.79 Å². The van der Waals surface area contributed by atoms with E-state index in [0.29, 0.717) is 25.0 Å². The summed E-state index contributed by atoms with van der Waals surface area (Å²) in [6.07, 6.45) is 2.69. The molecule has 0 atom stereocenters. The second-order valence-electron chi connectivity index (χ2n) is 8.80. The van der Waals surface area contributed by atoms with Gasteiger partial charge < -0.3 is 25.6 Å². The molecule has 1 aliphatic rings. The second-order valence-corrected chi connectivity index (χ2v) is 8.80. The highest BCUT2D eigenvalue weighted by Crippen LogP contribution is 2.21. The minimum Gasteiger partial charge on any atom is -0.444 e. The Labute approximate surface area is 209 Å². The molecule has 1 aromatic rings. The van der Waals surface area contributed by atoms with Crippen LogP contribution in [0.1, 0.15) is 39.2 Å². The lowest BCUT2D eigenvalue weighted by Crippen LogP contribution is -2.48. The average molecular weight is 559 g/mol. The number of nitrogens with one attached hydrogen (secondary N) is 3. The summed E-state index contributed by atoms with van der Waals surface area (Å²) < 4.78 is 5.18. The largest absolute Gasteiger partial charge is 0.444 e. The molecule has 2 rings (SSSR count). The van der Waals surface area contributed by atoms with Gasteiger partial charge in [0.15, 0.2) is 5.96 Å². The third-order valence-electron chi connectivity index (χ3n) is 5.05. The topological polar surface area (TPSA) is 95.1 Å². The molecule has 9 heteroatoms. The fraction of sp³-hybridized carbons (Fsp3) is 0.609. The predicted molar refractivity (Wildman–Crippen MR) is 138 cm³/mol. The van der Waals surface area contributed by atoms with Gasteiger partial charge in [-0.2, -0.15) is 0 Å². The Bertz CT molecular complexity index is 729. The number of hydrogen-bond acceptors (Lipinski definition) is 4. The van der Waals surface area contributed by atoms with Crippen LogP contribution in [0.4, 0.5) is 4.79 Å². The molecule has 0 aromatic heterocycles. The molecule has 180 valence electrons. The van der Waals surface area contributed by atoms with E-state index in [-0.39, 0.29) is 36.4 Å². The third kappa shape index (κ3) is 11.0. The van der Waals surface area contributed by atoms with Gasteiger partial charge in [-0.15, -0.1) is 24.0 Å². The first-order valence-corrected chi connectivity index (χ1v) is 11.0. The maximum Gasteiger partial charge on any atom is 0.407 e. The van der Waals surface area contributed by atoms with Crippen molar-refractivity contribution in [2.75, 3.05) is 39.8 Å². The standard InChI is InChI=1S/C23H37N5O3.HI/c1-23(2,3)31-22(30)26-13-12-25-21(24-4)27-17-20(29)28-14-10-19(11-15-28)16-18-8-6-5-7-9-18;/h5-9,19H,10-17H2,1-4H3,(H,26,30)(H2,24,25,27);1H. The fourth-order valence-corrected chi connectivity index (χ4v) is 3.49. The maximum absolute atomic E-state index is 12.5. The molecule has 1 aliphatic heterocycles. The Balaban J connectivity index is 0.00000512. The summed E-state index contributed by atoms with van der Waals surface area (Å²) in [5.41, 5.74) is 0.843. The zero-order valence-electron chi connectivity index (χ0n) is 19.6. The van der Waals surface area contributed by atoms with Crippen LogP contribution >= 0.6 is 24.0 Å². The van der Waals surface area contributed by atoms with Crippen LogP contribution < -0.4 is 16.0 Å². The van der Waals surface area contributed by atoms with Crippen LogP contribution in [-0.4, -0.2) is 68.2 Å². The number of aliphatic imine (C=N–C) groups is 1. The van der Waals surface area contributed by atoms with Crippen molar-refractivity contribution in [3.63, 3.8) is 0 Å². The zero-order chi connectivity index (χ0) is 22.7. The number of alkyl carbamates (subject to hydrolysis) is 1. The summed E-state index contributed by atoms with van der Waals surface area (Å²) in [5, 5.41) is 8.80. The molecule has 0 bridgehead atoms. The number of nitrogens with zero attached hydrogens (tertiary/aromatic N) is 2. The predicted octanol–water partition coefficient (Wildman–Crippen LogP) is 2.78. The number of carbonyl (C=O) groups is 2. The highest BCUT2D eigenvalue weighted by Gasteiger charge is 2.23. The highest BCUT2D eigenvalue weighted by molar-refractivity contribution is 14.0. The van der Waals surface area contributed by atoms with E-state index in [0.717, 1.165) is 32.4 Å². The minimum absolute atomic E-state index is 0. The zero-order valence-corrected chi connectivity index (χ0v) is 22.0. The number of piperidine rings is 1. The van der Waals surface area contributed by atoms with Crippen LogP contribution in [0, 0.1) is 5.92 Å². The van der Waals surface area contributed by atoms with Crippen molar-refractivity contribution in [3.05, 3.63) is 35.9 Å². The van der Waals surface area contributed by atoms with Crippen LogP contribution in [0.3, 0.4) is 0 Å². The van der Waals surface area contributed by atoms with Crippen molar-refractivity contribution in [3.8, 4) is 0 Å². The van der Waals surface area contributed by atoms with Gasteiger partial charge in [-0.25, -0.2) is 4.79 Å². The van der Waals surface area contributed by atoms with E-state index in [4.69, 9.17) is 4.74 Å². The van der Waals surface area contributed by atoms with Crippen molar-refractivity contribution >= 4 is 41.9 Å². The number of ether oxygens (including phenoxy) is 1. The fourth-order valence-electron chi connectivity index (χ4n) is 3.49. The molecule has 0 aliphatic carbocycles. The molecule has 1 aromatic carbocycles. The molecule has 32 heavy (non-hydrogen) atoms. The molecule has 8 nitrogen and oxygen atoms in total. The van der Waals surface area contributed by atoms with Crippen molar-refractivity contribution < 1.29 is 14.3 Å². The molecular weight excluding hydrogens is 521 g/mol. The van der Waals surface area contributed by atoms with Crippen LogP contribution in [-0.2, 0) is 16.0 Å². The third-order valence-corrected chi connectivity index (χ3v) is 5.05. The number of carbonyl (C=O) groups excluding carboxylic acids is 2. The number of halogens is 1. The SMILES string of the molecule is CN=C(NCCNC(=O)OC(C)(C)C)NCC(=O)N1CCC(Cc2ccccc2)CC1.I. The van der Waals surface area contributed by atoms with Crippen molar-refractivity contribution in [1.82, 2.24) is 20.9 Å². The van der Waals surface area contributed by atoms with E-state index >= 15 is 0 Å². The van der Waals surface area contributed by atoms with Gasteiger partial charge >= 0.3 is 6.09 Å².